The van der Waals surface area contributed by atoms with Gasteiger partial charge in [-0.3, -0.25) is 0 Å². The molecule has 16 heavy (non-hydrogen) atoms. The van der Waals surface area contributed by atoms with Gasteiger partial charge in [-0.15, -0.1) is 0 Å². The number of aliphatic hydroxyl groups excluding tert-OH is 2. The molecule has 2 N–H and O–H groups in total. The molecule has 0 aliphatic carbocycles. The van der Waals surface area contributed by atoms with Crippen molar-refractivity contribution in [1.82, 2.24) is 0 Å². The van der Waals surface area contributed by atoms with Gasteiger partial charge >= 0.3 is 0 Å². The summed E-state index contributed by atoms with van der Waals surface area (Å²) in [5, 5.41) is 18.0. The molecule has 0 saturated heterocycles. The van der Waals surface area contributed by atoms with Gasteiger partial charge < -0.3 is 19.7 Å². The predicted octanol–water partition coefficient (Wildman–Crippen LogP) is 0.721. The van der Waals surface area contributed by atoms with Crippen LogP contribution in [0.4, 0.5) is 0 Å². The fourth-order valence-corrected chi connectivity index (χ4v) is 1.42. The topological polar surface area (TPSA) is 66.8 Å². The number of aliphatic hydroxyl groups is 2. The molecule has 0 aliphatic heterocycles. The molecule has 0 aliphatic rings. The summed E-state index contributed by atoms with van der Waals surface area (Å²) in [5.41, 5.74) is 0.751. The maximum absolute atomic E-state index is 10.8. The number of hydrogen-bond acceptors (Lipinski definition) is 4. The lowest BCUT2D eigenvalue weighted by atomic mass is 9.96. The second kappa shape index (κ2) is 6.25. The van der Waals surface area contributed by atoms with E-state index in [2.05, 4.69) is 0 Å². The van der Waals surface area contributed by atoms with Gasteiger partial charge in [-0.25, -0.2) is 0 Å². The minimum atomic E-state index is -0.707. The van der Waals surface area contributed by atoms with Crippen molar-refractivity contribution in [2.45, 2.75) is 18.9 Å². The molecule has 0 fully saturated rings. The molecule has 1 rings (SSSR count). The summed E-state index contributed by atoms with van der Waals surface area (Å²) >= 11 is 0. The molecule has 2 unspecified atom stereocenters. The van der Waals surface area contributed by atoms with E-state index in [1.165, 1.54) is 0 Å². The third-order valence-corrected chi connectivity index (χ3v) is 2.29. The van der Waals surface area contributed by atoms with Gasteiger partial charge in [0.2, 0.25) is 0 Å². The Morgan fingerprint density at radius 1 is 1.38 bits per heavy atom. The lowest BCUT2D eigenvalue weighted by Gasteiger charge is -2.14. The third kappa shape index (κ3) is 3.32. The summed E-state index contributed by atoms with van der Waals surface area (Å²) in [6, 6.07) is 6.89. The smallest absolute Gasteiger partial charge is 0.130 e. The minimum absolute atomic E-state index is 0.0353. The highest BCUT2D eigenvalue weighted by atomic mass is 16.5. The molecule has 1 aromatic rings. The monoisotopic (exact) mass is 224 g/mol. The highest BCUT2D eigenvalue weighted by Crippen LogP contribution is 2.20. The molecule has 0 aromatic heterocycles. The first-order valence-corrected chi connectivity index (χ1v) is 5.16. The molecule has 0 amide bonds. The second-order valence-electron chi connectivity index (χ2n) is 3.54. The summed E-state index contributed by atoms with van der Waals surface area (Å²) in [5.74, 6) is 0.125. The van der Waals surface area contributed by atoms with Crippen LogP contribution in [-0.4, -0.2) is 35.8 Å². The van der Waals surface area contributed by atoms with E-state index in [-0.39, 0.29) is 13.2 Å². The van der Waals surface area contributed by atoms with Crippen molar-refractivity contribution in [2.75, 3.05) is 13.2 Å². The van der Waals surface area contributed by atoms with Gasteiger partial charge in [-0.2, -0.15) is 0 Å². The Morgan fingerprint density at radius 3 is 2.44 bits per heavy atom. The average Bonchev–Trinajstić information content (AvgIpc) is 2.28. The van der Waals surface area contributed by atoms with Crippen LogP contribution in [0.3, 0.4) is 0 Å². The van der Waals surface area contributed by atoms with Crippen LogP contribution in [0, 0.1) is 0 Å². The van der Waals surface area contributed by atoms with E-state index in [0.717, 1.165) is 11.8 Å². The normalized spacial score (nSPS) is 14.2. The van der Waals surface area contributed by atoms with Gasteiger partial charge in [0.25, 0.3) is 0 Å². The van der Waals surface area contributed by atoms with Crippen LogP contribution in [0.1, 0.15) is 18.4 Å². The van der Waals surface area contributed by atoms with E-state index < -0.39 is 12.0 Å². The van der Waals surface area contributed by atoms with Crippen molar-refractivity contribution < 1.29 is 19.7 Å². The van der Waals surface area contributed by atoms with Gasteiger partial charge in [-0.1, -0.05) is 12.1 Å². The fourth-order valence-electron chi connectivity index (χ4n) is 1.42. The van der Waals surface area contributed by atoms with Crippen molar-refractivity contribution in [3.63, 3.8) is 0 Å². The van der Waals surface area contributed by atoms with Gasteiger partial charge in [0.05, 0.1) is 18.6 Å². The van der Waals surface area contributed by atoms with E-state index in [1.807, 2.05) is 0 Å². The minimum Gasteiger partial charge on any atom is -0.491 e. The Kier molecular flexibility index (Phi) is 4.95. The number of benzene rings is 1. The van der Waals surface area contributed by atoms with Crippen LogP contribution in [0.25, 0.3) is 0 Å². The number of carbonyl (C=O) groups is 1. The summed E-state index contributed by atoms with van der Waals surface area (Å²) in [6.07, 6.45) is 0.0237. The molecule has 1 aromatic carbocycles. The first-order chi connectivity index (χ1) is 7.69. The molecular weight excluding hydrogens is 208 g/mol. The van der Waals surface area contributed by atoms with Crippen molar-refractivity contribution in [1.29, 1.82) is 0 Å². The van der Waals surface area contributed by atoms with Crippen molar-refractivity contribution in [3.8, 4) is 5.75 Å². The number of aldehydes is 1. The molecule has 0 radical (unpaired) electrons. The molecule has 4 nitrogen and oxygen atoms in total. The summed E-state index contributed by atoms with van der Waals surface area (Å²) < 4.78 is 5.18. The number of hydrogen-bond donors (Lipinski definition) is 2. The Bertz CT molecular complexity index is 318. The molecule has 0 spiro atoms. The van der Waals surface area contributed by atoms with Gasteiger partial charge in [0.1, 0.15) is 18.6 Å². The highest BCUT2D eigenvalue weighted by molar-refractivity contribution is 5.63. The Balaban J connectivity index is 2.73. The van der Waals surface area contributed by atoms with Gasteiger partial charge in [0, 0.05) is 0 Å². The predicted molar refractivity (Wildman–Crippen MR) is 59.5 cm³/mol. The van der Waals surface area contributed by atoms with Crippen LogP contribution >= 0.6 is 0 Å². The Morgan fingerprint density at radius 2 is 2.00 bits per heavy atom. The van der Waals surface area contributed by atoms with Crippen LogP contribution in [0.2, 0.25) is 0 Å². The SMILES string of the molecule is CC(O)C(C=O)c1ccc(OCCO)cc1. The summed E-state index contributed by atoms with van der Waals surface area (Å²) in [6.45, 7) is 1.79. The van der Waals surface area contributed by atoms with Crippen LogP contribution in [-0.2, 0) is 4.79 Å². The maximum Gasteiger partial charge on any atom is 0.130 e. The number of ether oxygens (including phenoxy) is 1. The van der Waals surface area contributed by atoms with Crippen molar-refractivity contribution >= 4 is 6.29 Å². The third-order valence-electron chi connectivity index (χ3n) is 2.29. The first-order valence-electron chi connectivity index (χ1n) is 5.16. The summed E-state index contributed by atoms with van der Waals surface area (Å²) in [4.78, 5) is 10.8. The van der Waals surface area contributed by atoms with Crippen LogP contribution < -0.4 is 4.74 Å². The van der Waals surface area contributed by atoms with E-state index in [0.29, 0.717) is 5.75 Å². The van der Waals surface area contributed by atoms with Crippen molar-refractivity contribution in [3.05, 3.63) is 29.8 Å². The first kappa shape index (κ1) is 12.7. The lowest BCUT2D eigenvalue weighted by Crippen LogP contribution is -2.15. The van der Waals surface area contributed by atoms with Gasteiger partial charge in [0.15, 0.2) is 0 Å². The van der Waals surface area contributed by atoms with E-state index >= 15 is 0 Å². The molecule has 0 heterocycles. The molecule has 4 heteroatoms. The molecule has 88 valence electrons. The van der Waals surface area contributed by atoms with E-state index in [1.54, 1.807) is 31.2 Å². The average molecular weight is 224 g/mol. The zero-order chi connectivity index (χ0) is 12.0. The Hall–Kier alpha value is -1.39. The fraction of sp³-hybridized carbons (Fsp3) is 0.417. The van der Waals surface area contributed by atoms with Crippen LogP contribution in [0.15, 0.2) is 24.3 Å². The highest BCUT2D eigenvalue weighted by Gasteiger charge is 2.15. The van der Waals surface area contributed by atoms with E-state index in [9.17, 15) is 9.90 Å². The zero-order valence-electron chi connectivity index (χ0n) is 9.17. The Labute approximate surface area is 94.5 Å². The molecule has 0 bridgehead atoms. The quantitative estimate of drug-likeness (QED) is 0.699. The van der Waals surface area contributed by atoms with Crippen molar-refractivity contribution in [2.24, 2.45) is 0 Å². The number of rotatable bonds is 6. The summed E-state index contributed by atoms with van der Waals surface area (Å²) in [7, 11) is 0. The van der Waals surface area contributed by atoms with Crippen LogP contribution in [0.5, 0.6) is 5.75 Å². The second-order valence-corrected chi connectivity index (χ2v) is 3.54. The van der Waals surface area contributed by atoms with E-state index in [4.69, 9.17) is 9.84 Å². The lowest BCUT2D eigenvalue weighted by molar-refractivity contribution is -0.111. The molecular formula is C12H16O4. The molecule has 2 atom stereocenters. The standard InChI is InChI=1S/C12H16O4/c1-9(15)12(8-14)10-2-4-11(5-3-10)16-7-6-13/h2-5,8-9,12-13,15H,6-7H2,1H3. The number of carbonyl (C=O) groups excluding carboxylic acids is 1. The zero-order valence-corrected chi connectivity index (χ0v) is 9.17. The van der Waals surface area contributed by atoms with Gasteiger partial charge in [-0.05, 0) is 24.6 Å². The maximum atomic E-state index is 10.8. The largest absolute Gasteiger partial charge is 0.491 e. The molecule has 0 saturated carbocycles.